The lowest BCUT2D eigenvalue weighted by Crippen LogP contribution is -2.52. The largest absolute Gasteiger partial charge is 0.497 e. The molecule has 0 bridgehead atoms. The zero-order chi connectivity index (χ0) is 20.5. The molecule has 1 fully saturated rings. The Labute approximate surface area is 166 Å². The van der Waals surface area contributed by atoms with Gasteiger partial charge in [-0.25, -0.2) is 0 Å². The lowest BCUT2D eigenvalue weighted by Gasteiger charge is -2.31. The molecule has 1 N–H and O–H groups in total. The van der Waals surface area contributed by atoms with Crippen molar-refractivity contribution in [2.75, 3.05) is 33.4 Å². The van der Waals surface area contributed by atoms with Crippen LogP contribution >= 0.6 is 0 Å². The van der Waals surface area contributed by atoms with Crippen LogP contribution in [0, 0.1) is 5.92 Å². The smallest absolute Gasteiger partial charge is 0.245 e. The first-order valence-electron chi connectivity index (χ1n) is 9.74. The van der Waals surface area contributed by atoms with E-state index in [1.54, 1.807) is 29.2 Å². The van der Waals surface area contributed by atoms with Crippen LogP contribution in [0.4, 0.5) is 0 Å². The van der Waals surface area contributed by atoms with Gasteiger partial charge in [-0.3, -0.25) is 14.4 Å². The average molecular weight is 390 g/mol. The highest BCUT2D eigenvalue weighted by Crippen LogP contribution is 2.15. The Hall–Kier alpha value is -2.41. The Morgan fingerprint density at radius 1 is 1.18 bits per heavy atom. The maximum Gasteiger partial charge on any atom is 0.245 e. The zero-order valence-corrected chi connectivity index (χ0v) is 16.9. The maximum atomic E-state index is 12.8. The minimum absolute atomic E-state index is 0.0427. The molecule has 0 spiro atoms. The van der Waals surface area contributed by atoms with E-state index in [-0.39, 0.29) is 36.4 Å². The molecule has 0 aromatic heterocycles. The Morgan fingerprint density at radius 2 is 1.89 bits per heavy atom. The Morgan fingerprint density at radius 3 is 2.54 bits per heavy atom. The van der Waals surface area contributed by atoms with Gasteiger partial charge in [-0.2, -0.15) is 0 Å². The highest BCUT2D eigenvalue weighted by molar-refractivity contribution is 5.98. The van der Waals surface area contributed by atoms with E-state index in [9.17, 15) is 14.4 Å². The van der Waals surface area contributed by atoms with E-state index in [0.29, 0.717) is 44.0 Å². The summed E-state index contributed by atoms with van der Waals surface area (Å²) in [6.07, 6.45) is 0.686. The second-order valence-electron chi connectivity index (χ2n) is 7.34. The molecule has 7 heteroatoms. The number of benzene rings is 1. The first kappa shape index (κ1) is 21.9. The number of nitrogens with zero attached hydrogens (tertiary/aromatic N) is 1. The van der Waals surface area contributed by atoms with Crippen molar-refractivity contribution >= 4 is 17.6 Å². The summed E-state index contributed by atoms with van der Waals surface area (Å²) in [6, 6.07) is 6.29. The number of Topliss-reactive ketones (excluding diaryl/α,β-unsaturated/α-hetero) is 1. The molecule has 0 aliphatic carbocycles. The molecule has 0 radical (unpaired) electrons. The van der Waals surface area contributed by atoms with Gasteiger partial charge in [0.25, 0.3) is 0 Å². The molecule has 1 aromatic rings. The van der Waals surface area contributed by atoms with Crippen LogP contribution in [-0.4, -0.2) is 62.0 Å². The van der Waals surface area contributed by atoms with Crippen LogP contribution in [0.5, 0.6) is 5.75 Å². The molecule has 1 aliphatic rings. The van der Waals surface area contributed by atoms with Gasteiger partial charge < -0.3 is 19.7 Å². The summed E-state index contributed by atoms with van der Waals surface area (Å²) in [5.41, 5.74) is 0.510. The van der Waals surface area contributed by atoms with Crippen molar-refractivity contribution in [3.63, 3.8) is 0 Å². The van der Waals surface area contributed by atoms with Gasteiger partial charge in [0.05, 0.1) is 20.3 Å². The fourth-order valence-corrected chi connectivity index (χ4v) is 3.13. The van der Waals surface area contributed by atoms with Gasteiger partial charge in [0.15, 0.2) is 5.78 Å². The maximum absolute atomic E-state index is 12.8. The SMILES string of the molecule is COc1cccc(C(=O)CCC(=O)NC(CC(C)C)C(=O)N2CCOCC2)c1. The van der Waals surface area contributed by atoms with E-state index in [0.717, 1.165) is 0 Å². The number of amides is 2. The van der Waals surface area contributed by atoms with Gasteiger partial charge in [-0.05, 0) is 24.5 Å². The van der Waals surface area contributed by atoms with Gasteiger partial charge >= 0.3 is 0 Å². The highest BCUT2D eigenvalue weighted by atomic mass is 16.5. The number of rotatable bonds is 9. The molecule has 1 heterocycles. The molecule has 1 unspecified atom stereocenters. The molecule has 2 rings (SSSR count). The molecule has 1 atom stereocenters. The lowest BCUT2D eigenvalue weighted by atomic mass is 10.0. The zero-order valence-electron chi connectivity index (χ0n) is 16.9. The van der Waals surface area contributed by atoms with E-state index in [4.69, 9.17) is 9.47 Å². The number of nitrogens with one attached hydrogen (secondary N) is 1. The fourth-order valence-electron chi connectivity index (χ4n) is 3.13. The van der Waals surface area contributed by atoms with Crippen LogP contribution < -0.4 is 10.1 Å². The Balaban J connectivity index is 1.91. The van der Waals surface area contributed by atoms with Crippen molar-refractivity contribution < 1.29 is 23.9 Å². The monoisotopic (exact) mass is 390 g/mol. The van der Waals surface area contributed by atoms with Crippen LogP contribution in [0.3, 0.4) is 0 Å². The first-order valence-corrected chi connectivity index (χ1v) is 9.74. The van der Waals surface area contributed by atoms with E-state index in [1.807, 2.05) is 13.8 Å². The van der Waals surface area contributed by atoms with Crippen molar-refractivity contribution in [3.8, 4) is 5.75 Å². The second-order valence-corrected chi connectivity index (χ2v) is 7.34. The summed E-state index contributed by atoms with van der Waals surface area (Å²) >= 11 is 0. The summed E-state index contributed by atoms with van der Waals surface area (Å²) in [5.74, 6) is 0.360. The number of carbonyl (C=O) groups excluding carboxylic acids is 3. The molecule has 2 amide bonds. The molecule has 1 aromatic carbocycles. The number of ether oxygens (including phenoxy) is 2. The number of morpholine rings is 1. The van der Waals surface area contributed by atoms with E-state index < -0.39 is 6.04 Å². The first-order chi connectivity index (χ1) is 13.4. The van der Waals surface area contributed by atoms with Crippen LogP contribution in [0.25, 0.3) is 0 Å². The van der Waals surface area contributed by atoms with Crippen molar-refractivity contribution in [1.29, 1.82) is 0 Å². The molecule has 1 saturated heterocycles. The average Bonchev–Trinajstić information content (AvgIpc) is 2.71. The van der Waals surface area contributed by atoms with Crippen LogP contribution in [-0.2, 0) is 14.3 Å². The van der Waals surface area contributed by atoms with E-state index >= 15 is 0 Å². The topological polar surface area (TPSA) is 84.9 Å². The van der Waals surface area contributed by atoms with Gasteiger partial charge in [0.1, 0.15) is 11.8 Å². The minimum Gasteiger partial charge on any atom is -0.497 e. The molecule has 1 aliphatic heterocycles. The molecule has 7 nitrogen and oxygen atoms in total. The number of ketones is 1. The number of hydrogen-bond acceptors (Lipinski definition) is 5. The highest BCUT2D eigenvalue weighted by Gasteiger charge is 2.27. The van der Waals surface area contributed by atoms with Crippen molar-refractivity contribution in [2.45, 2.75) is 39.2 Å². The summed E-state index contributed by atoms with van der Waals surface area (Å²) in [7, 11) is 1.54. The molecular weight excluding hydrogens is 360 g/mol. The standard InChI is InChI=1S/C21H30N2O5/c1-15(2)13-18(21(26)23-9-11-28-12-10-23)22-20(25)8-7-19(24)16-5-4-6-17(14-16)27-3/h4-6,14-15,18H,7-13H2,1-3H3,(H,22,25). The predicted molar refractivity (Wildman–Crippen MR) is 105 cm³/mol. The molecular formula is C21H30N2O5. The number of methoxy groups -OCH3 is 1. The molecule has 0 saturated carbocycles. The summed E-state index contributed by atoms with van der Waals surface area (Å²) in [4.78, 5) is 39.2. The quantitative estimate of drug-likeness (QED) is 0.653. The third kappa shape index (κ3) is 6.64. The van der Waals surface area contributed by atoms with Crippen molar-refractivity contribution in [1.82, 2.24) is 10.2 Å². The summed E-state index contributed by atoms with van der Waals surface area (Å²) in [6.45, 7) is 6.14. The Kier molecular flexibility index (Phi) is 8.44. The number of hydrogen-bond donors (Lipinski definition) is 1. The van der Waals surface area contributed by atoms with Gasteiger partial charge in [0, 0.05) is 31.5 Å². The lowest BCUT2D eigenvalue weighted by molar-refractivity contribution is -0.140. The normalized spacial score (nSPS) is 15.2. The molecule has 28 heavy (non-hydrogen) atoms. The van der Waals surface area contributed by atoms with Crippen LogP contribution in [0.1, 0.15) is 43.5 Å². The van der Waals surface area contributed by atoms with Crippen molar-refractivity contribution in [3.05, 3.63) is 29.8 Å². The van der Waals surface area contributed by atoms with Crippen LogP contribution in [0.2, 0.25) is 0 Å². The predicted octanol–water partition coefficient (Wildman–Crippen LogP) is 2.05. The minimum atomic E-state index is -0.572. The van der Waals surface area contributed by atoms with Gasteiger partial charge in [-0.15, -0.1) is 0 Å². The van der Waals surface area contributed by atoms with E-state index in [2.05, 4.69) is 5.32 Å². The fraction of sp³-hybridized carbons (Fsp3) is 0.571. The second kappa shape index (κ2) is 10.8. The summed E-state index contributed by atoms with van der Waals surface area (Å²) in [5, 5.41) is 2.83. The third-order valence-electron chi connectivity index (χ3n) is 4.63. The number of carbonyl (C=O) groups is 3. The Bertz CT molecular complexity index is 683. The van der Waals surface area contributed by atoms with Crippen molar-refractivity contribution in [2.24, 2.45) is 5.92 Å². The summed E-state index contributed by atoms with van der Waals surface area (Å²) < 4.78 is 10.4. The molecule has 154 valence electrons. The van der Waals surface area contributed by atoms with E-state index in [1.165, 1.54) is 7.11 Å². The van der Waals surface area contributed by atoms with Gasteiger partial charge in [-0.1, -0.05) is 26.0 Å². The van der Waals surface area contributed by atoms with Crippen LogP contribution in [0.15, 0.2) is 24.3 Å². The third-order valence-corrected chi connectivity index (χ3v) is 4.63. The van der Waals surface area contributed by atoms with Gasteiger partial charge in [0.2, 0.25) is 11.8 Å².